The lowest BCUT2D eigenvalue weighted by atomic mass is 10.1. The van der Waals surface area contributed by atoms with E-state index in [1.54, 1.807) is 7.05 Å². The van der Waals surface area contributed by atoms with Crippen LogP contribution < -0.4 is 0 Å². The molecule has 1 amide bonds. The van der Waals surface area contributed by atoms with Crippen LogP contribution in [0.2, 0.25) is 0 Å². The van der Waals surface area contributed by atoms with E-state index in [2.05, 4.69) is 9.89 Å². The summed E-state index contributed by atoms with van der Waals surface area (Å²) in [6.45, 7) is 5.43. The van der Waals surface area contributed by atoms with Crippen molar-refractivity contribution in [1.29, 1.82) is 0 Å². The van der Waals surface area contributed by atoms with Crippen molar-refractivity contribution in [2.24, 2.45) is 0 Å². The Morgan fingerprint density at radius 1 is 1.38 bits per heavy atom. The van der Waals surface area contributed by atoms with Crippen molar-refractivity contribution in [3.05, 3.63) is 17.5 Å². The second-order valence-corrected chi connectivity index (χ2v) is 6.14. The molecule has 1 fully saturated rings. The minimum Gasteiger partial charge on any atom is -0.463 e. The molecule has 0 N–H and O–H groups in total. The van der Waals surface area contributed by atoms with Crippen LogP contribution in [0.15, 0.2) is 10.6 Å². The summed E-state index contributed by atoms with van der Waals surface area (Å²) in [5.74, 6) is -0.569. The fourth-order valence-corrected chi connectivity index (χ4v) is 2.08. The van der Waals surface area contributed by atoms with Crippen molar-refractivity contribution >= 4 is 12.1 Å². The van der Waals surface area contributed by atoms with Gasteiger partial charge in [0.25, 0.3) is 0 Å². The van der Waals surface area contributed by atoms with Gasteiger partial charge in [-0.05, 0) is 33.6 Å². The largest absolute Gasteiger partial charge is 0.463 e. The molecule has 2 rings (SSSR count). The van der Waals surface area contributed by atoms with Gasteiger partial charge < -0.3 is 14.0 Å². The van der Waals surface area contributed by atoms with Gasteiger partial charge in [0.2, 0.25) is 5.76 Å². The minimum atomic E-state index is -0.593. The molecule has 0 bridgehead atoms. The second-order valence-electron chi connectivity index (χ2n) is 6.14. The van der Waals surface area contributed by atoms with Crippen LogP contribution in [0.25, 0.3) is 0 Å². The van der Waals surface area contributed by atoms with Gasteiger partial charge in [-0.15, -0.1) is 0 Å². The third-order valence-corrected chi connectivity index (χ3v) is 3.41. The first-order chi connectivity index (χ1) is 9.69. The number of carbonyl (C=O) groups is 2. The molecule has 0 aromatic carbocycles. The molecule has 0 aliphatic heterocycles. The lowest BCUT2D eigenvalue weighted by Gasteiger charge is -2.29. The van der Waals surface area contributed by atoms with E-state index in [-0.39, 0.29) is 5.76 Å². The molecule has 116 valence electrons. The molecule has 1 aliphatic rings. The third-order valence-electron chi connectivity index (χ3n) is 3.41. The van der Waals surface area contributed by atoms with E-state index in [0.29, 0.717) is 5.69 Å². The molecule has 7 heteroatoms. The van der Waals surface area contributed by atoms with Gasteiger partial charge >= 0.3 is 12.1 Å². The van der Waals surface area contributed by atoms with Crippen LogP contribution in [0.4, 0.5) is 4.79 Å². The first-order valence-corrected chi connectivity index (χ1v) is 6.72. The highest BCUT2D eigenvalue weighted by Gasteiger charge is 2.53. The molecule has 0 radical (unpaired) electrons. The van der Waals surface area contributed by atoms with E-state index in [1.165, 1.54) is 18.1 Å². The maximum Gasteiger partial charge on any atom is 0.410 e. The second kappa shape index (κ2) is 5.05. The number of hydrogen-bond acceptors (Lipinski definition) is 6. The van der Waals surface area contributed by atoms with Gasteiger partial charge in [0, 0.05) is 13.1 Å². The zero-order valence-corrected chi connectivity index (χ0v) is 12.9. The first kappa shape index (κ1) is 15.3. The maximum atomic E-state index is 12.2. The summed E-state index contributed by atoms with van der Waals surface area (Å²) >= 11 is 0. The summed E-state index contributed by atoms with van der Waals surface area (Å²) in [6, 6.07) is 1.51. The summed E-state index contributed by atoms with van der Waals surface area (Å²) in [7, 11) is 2.93. The van der Waals surface area contributed by atoms with Crippen molar-refractivity contribution in [2.45, 2.75) is 44.8 Å². The Hall–Kier alpha value is -2.05. The van der Waals surface area contributed by atoms with E-state index in [9.17, 15) is 9.59 Å². The summed E-state index contributed by atoms with van der Waals surface area (Å²) < 4.78 is 14.9. The highest BCUT2D eigenvalue weighted by atomic mass is 16.6. The molecule has 1 aromatic heterocycles. The predicted octanol–water partition coefficient (Wildman–Crippen LogP) is 2.32. The molecule has 0 unspecified atom stereocenters. The lowest BCUT2D eigenvalue weighted by molar-refractivity contribution is 0.0182. The molecule has 1 aliphatic carbocycles. The zero-order chi connectivity index (χ0) is 15.8. The normalized spacial score (nSPS) is 16.2. The quantitative estimate of drug-likeness (QED) is 0.796. The van der Waals surface area contributed by atoms with Crippen LogP contribution in [0.3, 0.4) is 0 Å². The summed E-state index contributed by atoms with van der Waals surface area (Å²) in [4.78, 5) is 25.1. The highest BCUT2D eigenvalue weighted by molar-refractivity contribution is 5.86. The highest BCUT2D eigenvalue weighted by Crippen LogP contribution is 2.50. The van der Waals surface area contributed by atoms with E-state index in [4.69, 9.17) is 9.26 Å². The number of ether oxygens (including phenoxy) is 2. The Labute approximate surface area is 123 Å². The Bertz CT molecular complexity index is 554. The molecule has 1 saturated carbocycles. The monoisotopic (exact) mass is 296 g/mol. The molecule has 1 heterocycles. The topological polar surface area (TPSA) is 81.9 Å². The van der Waals surface area contributed by atoms with Crippen molar-refractivity contribution in [3.63, 3.8) is 0 Å². The van der Waals surface area contributed by atoms with Crippen molar-refractivity contribution in [3.8, 4) is 0 Å². The maximum absolute atomic E-state index is 12.2. The Balaban J connectivity index is 2.17. The smallest absolute Gasteiger partial charge is 0.410 e. The van der Waals surface area contributed by atoms with Crippen molar-refractivity contribution in [1.82, 2.24) is 10.1 Å². The number of methoxy groups -OCH3 is 1. The molecule has 1 aromatic rings. The van der Waals surface area contributed by atoms with Crippen LogP contribution in [-0.4, -0.2) is 41.9 Å². The Kier molecular flexibility index (Phi) is 3.69. The first-order valence-electron chi connectivity index (χ1n) is 6.72. The number of carbonyl (C=O) groups excluding carboxylic acids is 2. The molecule has 21 heavy (non-hydrogen) atoms. The Morgan fingerprint density at radius 3 is 2.48 bits per heavy atom. The third kappa shape index (κ3) is 3.01. The lowest BCUT2D eigenvalue weighted by Crippen LogP contribution is -2.41. The summed E-state index contributed by atoms with van der Waals surface area (Å²) in [5, 5.41) is 3.89. The number of aromatic nitrogens is 1. The molecule has 7 nitrogen and oxygen atoms in total. The number of esters is 1. The van der Waals surface area contributed by atoms with Gasteiger partial charge in [-0.25, -0.2) is 9.59 Å². The van der Waals surface area contributed by atoms with Crippen LogP contribution >= 0.6 is 0 Å². The van der Waals surface area contributed by atoms with E-state index < -0.39 is 23.2 Å². The van der Waals surface area contributed by atoms with Crippen LogP contribution in [0.5, 0.6) is 0 Å². The van der Waals surface area contributed by atoms with Gasteiger partial charge in [0.1, 0.15) is 11.3 Å². The SMILES string of the molecule is COC(=O)c1cc(C2(N(C)C(=O)OC(C)(C)C)CC2)no1. The average molecular weight is 296 g/mol. The molecule has 0 atom stereocenters. The van der Waals surface area contributed by atoms with Crippen LogP contribution in [-0.2, 0) is 15.0 Å². The van der Waals surface area contributed by atoms with E-state index in [1.807, 2.05) is 20.8 Å². The number of hydrogen-bond donors (Lipinski definition) is 0. The number of amides is 1. The zero-order valence-electron chi connectivity index (χ0n) is 12.9. The van der Waals surface area contributed by atoms with Crippen LogP contribution in [0.1, 0.15) is 49.9 Å². The molecule has 0 saturated heterocycles. The van der Waals surface area contributed by atoms with Gasteiger partial charge in [-0.2, -0.15) is 0 Å². The average Bonchev–Trinajstić information content (AvgIpc) is 3.05. The minimum absolute atomic E-state index is 0.0244. The van der Waals surface area contributed by atoms with Gasteiger partial charge in [-0.1, -0.05) is 5.16 Å². The van der Waals surface area contributed by atoms with Gasteiger partial charge in [0.15, 0.2) is 0 Å². The summed E-state index contributed by atoms with van der Waals surface area (Å²) in [6.07, 6.45) is 1.06. The number of nitrogens with zero attached hydrogens (tertiary/aromatic N) is 2. The molecular formula is C14H20N2O5. The van der Waals surface area contributed by atoms with E-state index in [0.717, 1.165) is 12.8 Å². The van der Waals surface area contributed by atoms with Gasteiger partial charge in [0.05, 0.1) is 12.6 Å². The standard InChI is InChI=1S/C14H20N2O5/c1-13(2,3)20-12(18)16(4)14(6-7-14)10-8-9(21-15-10)11(17)19-5/h8H,6-7H2,1-5H3. The predicted molar refractivity (Wildman–Crippen MR) is 72.8 cm³/mol. The van der Waals surface area contributed by atoms with Crippen LogP contribution in [0, 0.1) is 0 Å². The van der Waals surface area contributed by atoms with Crippen molar-refractivity contribution < 1.29 is 23.6 Å². The molecule has 0 spiro atoms. The van der Waals surface area contributed by atoms with Gasteiger partial charge in [-0.3, -0.25) is 4.90 Å². The van der Waals surface area contributed by atoms with E-state index >= 15 is 0 Å². The molecular weight excluding hydrogens is 276 g/mol. The van der Waals surface area contributed by atoms with Crippen molar-refractivity contribution in [2.75, 3.05) is 14.2 Å². The Morgan fingerprint density at radius 2 is 2.00 bits per heavy atom. The number of rotatable bonds is 3. The fraction of sp³-hybridized carbons (Fsp3) is 0.643. The summed E-state index contributed by atoms with van der Waals surface area (Å²) in [5.41, 5.74) is -0.586. The fourth-order valence-electron chi connectivity index (χ4n) is 2.08.